The Morgan fingerprint density at radius 1 is 1.53 bits per heavy atom. The quantitative estimate of drug-likeness (QED) is 0.662. The van der Waals surface area contributed by atoms with Gasteiger partial charge in [-0.05, 0) is 18.3 Å². The molecule has 0 aromatic carbocycles. The second-order valence-corrected chi connectivity index (χ2v) is 5.61. The Balaban J connectivity index is 1.81. The molecule has 1 saturated heterocycles. The average Bonchev–Trinajstić information content (AvgIpc) is 3.05. The van der Waals surface area contributed by atoms with Crippen LogP contribution in [0.4, 0.5) is 0 Å². The molecule has 1 atom stereocenters. The van der Waals surface area contributed by atoms with Crippen molar-refractivity contribution >= 4 is 5.96 Å². The molecule has 0 radical (unpaired) electrons. The summed E-state index contributed by atoms with van der Waals surface area (Å²) < 4.78 is 2.07. The molecule has 0 aliphatic carbocycles. The molecule has 0 spiro atoms. The molecule has 1 fully saturated rings. The summed E-state index contributed by atoms with van der Waals surface area (Å²) >= 11 is 0. The average molecular weight is 263 g/mol. The molecule has 1 aliphatic heterocycles. The summed E-state index contributed by atoms with van der Waals surface area (Å²) in [4.78, 5) is 10.8. The fourth-order valence-electron chi connectivity index (χ4n) is 2.54. The van der Waals surface area contributed by atoms with Crippen LogP contribution in [0.1, 0.15) is 26.7 Å². The number of likely N-dealkylation sites (tertiary alicyclic amines) is 1. The summed E-state index contributed by atoms with van der Waals surface area (Å²) in [7, 11) is 1.86. The molecule has 1 aromatic rings. The highest BCUT2D eigenvalue weighted by Gasteiger charge is 2.33. The molecule has 0 bridgehead atoms. The number of aliphatic imine (C=N–C) groups is 1. The summed E-state index contributed by atoms with van der Waals surface area (Å²) in [5.41, 5.74) is 0.446. The lowest BCUT2D eigenvalue weighted by molar-refractivity contribution is 0.322. The number of nitrogens with zero attached hydrogens (tertiary/aromatic N) is 4. The van der Waals surface area contributed by atoms with E-state index >= 15 is 0 Å². The molecule has 2 heterocycles. The number of hydrogen-bond acceptors (Lipinski definition) is 2. The summed E-state index contributed by atoms with van der Waals surface area (Å²) in [6, 6.07) is 0. The fraction of sp³-hybridized carbons (Fsp3) is 0.714. The van der Waals surface area contributed by atoms with Crippen LogP contribution in [-0.2, 0) is 6.54 Å². The largest absolute Gasteiger partial charge is 0.354 e. The minimum Gasteiger partial charge on any atom is -0.354 e. The van der Waals surface area contributed by atoms with E-state index in [0.717, 1.165) is 32.1 Å². The lowest BCUT2D eigenvalue weighted by Crippen LogP contribution is -2.42. The highest BCUT2D eigenvalue weighted by Crippen LogP contribution is 2.32. The first-order valence-corrected chi connectivity index (χ1v) is 7.08. The van der Waals surface area contributed by atoms with Crippen LogP contribution in [-0.4, -0.2) is 47.1 Å². The predicted molar refractivity (Wildman–Crippen MR) is 78.2 cm³/mol. The van der Waals surface area contributed by atoms with Gasteiger partial charge in [-0.15, -0.1) is 0 Å². The van der Waals surface area contributed by atoms with E-state index in [1.54, 1.807) is 0 Å². The van der Waals surface area contributed by atoms with Gasteiger partial charge in [0.1, 0.15) is 0 Å². The molecular formula is C14H25N5. The van der Waals surface area contributed by atoms with Crippen molar-refractivity contribution in [2.75, 3.05) is 26.7 Å². The van der Waals surface area contributed by atoms with Crippen LogP contribution in [0.3, 0.4) is 0 Å². The van der Waals surface area contributed by atoms with Crippen molar-refractivity contribution in [3.8, 4) is 0 Å². The smallest absolute Gasteiger partial charge is 0.193 e. The van der Waals surface area contributed by atoms with Crippen LogP contribution in [0.5, 0.6) is 0 Å². The van der Waals surface area contributed by atoms with E-state index in [2.05, 4.69) is 38.6 Å². The Kier molecular flexibility index (Phi) is 4.45. The summed E-state index contributed by atoms with van der Waals surface area (Å²) in [5.74, 6) is 1.03. The molecule has 1 aliphatic rings. The molecule has 0 amide bonds. The number of imidazole rings is 1. The lowest BCUT2D eigenvalue weighted by atomic mass is 9.87. The third-order valence-corrected chi connectivity index (χ3v) is 4.14. The molecule has 1 unspecified atom stereocenters. The predicted octanol–water partition coefficient (Wildman–Crippen LogP) is 1.58. The molecule has 0 saturated carbocycles. The van der Waals surface area contributed by atoms with Gasteiger partial charge < -0.3 is 14.8 Å². The van der Waals surface area contributed by atoms with Gasteiger partial charge in [0.25, 0.3) is 0 Å². The van der Waals surface area contributed by atoms with Crippen LogP contribution in [0, 0.1) is 5.41 Å². The number of aromatic nitrogens is 2. The van der Waals surface area contributed by atoms with Gasteiger partial charge in [-0.3, -0.25) is 4.99 Å². The Morgan fingerprint density at radius 3 is 2.95 bits per heavy atom. The Hall–Kier alpha value is -1.52. The van der Waals surface area contributed by atoms with E-state index < -0.39 is 0 Å². The fourth-order valence-corrected chi connectivity index (χ4v) is 2.54. The van der Waals surface area contributed by atoms with Gasteiger partial charge in [0.15, 0.2) is 5.96 Å². The van der Waals surface area contributed by atoms with Crippen molar-refractivity contribution in [2.24, 2.45) is 10.4 Å². The Labute approximate surface area is 115 Å². The van der Waals surface area contributed by atoms with Gasteiger partial charge in [0.2, 0.25) is 0 Å². The zero-order chi connectivity index (χ0) is 13.7. The minimum absolute atomic E-state index is 0.446. The monoisotopic (exact) mass is 263 g/mol. The summed E-state index contributed by atoms with van der Waals surface area (Å²) in [5, 5.41) is 3.44. The molecule has 5 heteroatoms. The number of rotatable bonds is 4. The first-order chi connectivity index (χ1) is 9.17. The highest BCUT2D eigenvalue weighted by molar-refractivity contribution is 5.80. The Morgan fingerprint density at radius 2 is 2.37 bits per heavy atom. The first kappa shape index (κ1) is 13.9. The van der Waals surface area contributed by atoms with Crippen LogP contribution in [0.25, 0.3) is 0 Å². The van der Waals surface area contributed by atoms with E-state index in [9.17, 15) is 0 Å². The normalized spacial score (nSPS) is 23.9. The molecule has 5 nitrogen and oxygen atoms in total. The van der Waals surface area contributed by atoms with Gasteiger partial charge in [0.05, 0.1) is 6.33 Å². The maximum atomic E-state index is 4.40. The van der Waals surface area contributed by atoms with Gasteiger partial charge in [-0.25, -0.2) is 4.98 Å². The minimum atomic E-state index is 0.446. The van der Waals surface area contributed by atoms with Crippen LogP contribution < -0.4 is 5.32 Å². The van der Waals surface area contributed by atoms with E-state index in [0.29, 0.717) is 5.41 Å². The molecule has 106 valence electrons. The van der Waals surface area contributed by atoms with Gasteiger partial charge in [0, 0.05) is 45.6 Å². The van der Waals surface area contributed by atoms with Crippen LogP contribution in [0.2, 0.25) is 0 Å². The third-order valence-electron chi connectivity index (χ3n) is 4.14. The molecule has 1 N–H and O–H groups in total. The number of nitrogens with one attached hydrogen (secondary N) is 1. The second-order valence-electron chi connectivity index (χ2n) is 5.61. The number of hydrogen-bond donors (Lipinski definition) is 1. The molecule has 1 aromatic heterocycles. The van der Waals surface area contributed by atoms with Crippen molar-refractivity contribution in [2.45, 2.75) is 33.2 Å². The van der Waals surface area contributed by atoms with Crippen LogP contribution in [0.15, 0.2) is 23.7 Å². The van der Waals surface area contributed by atoms with E-state index in [1.807, 2.05) is 25.8 Å². The lowest BCUT2D eigenvalue weighted by Gasteiger charge is -2.25. The van der Waals surface area contributed by atoms with Crippen molar-refractivity contribution in [1.82, 2.24) is 19.8 Å². The third kappa shape index (κ3) is 3.49. The topological polar surface area (TPSA) is 45.5 Å². The standard InChI is InChI=1S/C14H25N5/c1-4-14(2)5-8-19(11-14)13(15-3)17-7-10-18-9-6-16-12-18/h6,9,12H,4-5,7-8,10-11H2,1-3H3,(H,15,17). The van der Waals surface area contributed by atoms with Gasteiger partial charge >= 0.3 is 0 Å². The van der Waals surface area contributed by atoms with E-state index in [1.165, 1.54) is 12.8 Å². The van der Waals surface area contributed by atoms with Gasteiger partial charge in [-0.1, -0.05) is 13.8 Å². The summed E-state index contributed by atoms with van der Waals surface area (Å²) in [6.45, 7) is 8.65. The highest BCUT2D eigenvalue weighted by atomic mass is 15.3. The SMILES string of the molecule is CCC1(C)CCN(C(=NC)NCCn2ccnc2)C1. The van der Waals surface area contributed by atoms with E-state index in [4.69, 9.17) is 0 Å². The van der Waals surface area contributed by atoms with Gasteiger partial charge in [-0.2, -0.15) is 0 Å². The first-order valence-electron chi connectivity index (χ1n) is 7.08. The van der Waals surface area contributed by atoms with Crippen molar-refractivity contribution in [3.63, 3.8) is 0 Å². The molecule has 2 rings (SSSR count). The summed E-state index contributed by atoms with van der Waals surface area (Å²) in [6.07, 6.45) is 8.12. The second kappa shape index (κ2) is 6.08. The maximum absolute atomic E-state index is 4.40. The van der Waals surface area contributed by atoms with Crippen LogP contribution >= 0.6 is 0 Å². The van der Waals surface area contributed by atoms with Crippen molar-refractivity contribution in [3.05, 3.63) is 18.7 Å². The maximum Gasteiger partial charge on any atom is 0.193 e. The van der Waals surface area contributed by atoms with Crippen molar-refractivity contribution in [1.29, 1.82) is 0 Å². The van der Waals surface area contributed by atoms with Crippen molar-refractivity contribution < 1.29 is 0 Å². The number of guanidine groups is 1. The zero-order valence-electron chi connectivity index (χ0n) is 12.3. The Bertz CT molecular complexity index is 411. The molecule has 19 heavy (non-hydrogen) atoms. The zero-order valence-corrected chi connectivity index (χ0v) is 12.3. The molecular weight excluding hydrogens is 238 g/mol. The van der Waals surface area contributed by atoms with E-state index in [-0.39, 0.29) is 0 Å².